The first kappa shape index (κ1) is 13.2. The predicted octanol–water partition coefficient (Wildman–Crippen LogP) is 2.19. The molecule has 1 atom stereocenters. The molecule has 3 nitrogen and oxygen atoms in total. The van der Waals surface area contributed by atoms with E-state index in [-0.39, 0.29) is 0 Å². The molecule has 0 amide bonds. The zero-order chi connectivity index (χ0) is 12.3. The Morgan fingerprint density at radius 1 is 1.53 bits per heavy atom. The molecule has 0 bridgehead atoms. The van der Waals surface area contributed by atoms with Gasteiger partial charge >= 0.3 is 0 Å². The summed E-state index contributed by atoms with van der Waals surface area (Å²) in [5, 5.41) is 4.70. The van der Waals surface area contributed by atoms with Crippen LogP contribution in [0.4, 0.5) is 0 Å². The largest absolute Gasteiger partial charge is 0.363 e. The highest BCUT2D eigenvalue weighted by molar-refractivity contribution is 8.13. The number of aliphatic imine (C=N–C) groups is 1. The van der Waals surface area contributed by atoms with Crippen molar-refractivity contribution in [2.24, 2.45) is 10.4 Å². The maximum absolute atomic E-state index is 4.64. The molecule has 2 rings (SSSR count). The fourth-order valence-corrected chi connectivity index (χ4v) is 3.46. The molecule has 0 radical (unpaired) electrons. The average Bonchev–Trinajstić information content (AvgIpc) is 2.75. The molecule has 0 spiro atoms. The summed E-state index contributed by atoms with van der Waals surface area (Å²) in [6, 6.07) is 0.721. The Bertz CT molecular complexity index is 288. The Balaban J connectivity index is 1.77. The van der Waals surface area contributed by atoms with Crippen LogP contribution in [0.5, 0.6) is 0 Å². The van der Waals surface area contributed by atoms with Crippen LogP contribution in [-0.2, 0) is 0 Å². The molecule has 0 aromatic carbocycles. The van der Waals surface area contributed by atoms with Gasteiger partial charge in [0.2, 0.25) is 0 Å². The minimum Gasteiger partial charge on any atom is -0.363 e. The number of amidine groups is 1. The van der Waals surface area contributed by atoms with Crippen molar-refractivity contribution in [1.29, 1.82) is 0 Å². The molecule has 0 aromatic rings. The summed E-state index contributed by atoms with van der Waals surface area (Å²) in [5.41, 5.74) is 0.374. The van der Waals surface area contributed by atoms with Crippen molar-refractivity contribution >= 4 is 16.9 Å². The summed E-state index contributed by atoms with van der Waals surface area (Å²) in [7, 11) is 0. The van der Waals surface area contributed by atoms with E-state index in [2.05, 4.69) is 36.0 Å². The lowest BCUT2D eigenvalue weighted by molar-refractivity contribution is 0.267. The third kappa shape index (κ3) is 3.62. The summed E-state index contributed by atoms with van der Waals surface area (Å²) >= 11 is 1.88. The molecule has 2 aliphatic rings. The number of rotatable bonds is 3. The second kappa shape index (κ2) is 5.61. The first-order chi connectivity index (χ1) is 8.11. The molecule has 98 valence electrons. The van der Waals surface area contributed by atoms with E-state index in [9.17, 15) is 0 Å². The second-order valence-corrected chi connectivity index (χ2v) is 6.84. The lowest BCUT2D eigenvalue weighted by atomic mass is 9.97. The van der Waals surface area contributed by atoms with Gasteiger partial charge in [-0.25, -0.2) is 0 Å². The Morgan fingerprint density at radius 2 is 2.35 bits per heavy atom. The highest BCUT2D eigenvalue weighted by atomic mass is 32.2. The van der Waals surface area contributed by atoms with Gasteiger partial charge in [-0.1, -0.05) is 32.5 Å². The minimum atomic E-state index is 0.374. The topological polar surface area (TPSA) is 27.6 Å². The number of nitrogens with zero attached hydrogens (tertiary/aromatic N) is 2. The van der Waals surface area contributed by atoms with Crippen molar-refractivity contribution in [2.45, 2.75) is 39.7 Å². The van der Waals surface area contributed by atoms with Crippen molar-refractivity contribution in [1.82, 2.24) is 10.2 Å². The number of hydrogen-bond donors (Lipinski definition) is 1. The van der Waals surface area contributed by atoms with Gasteiger partial charge in [0.25, 0.3) is 0 Å². The zero-order valence-corrected chi connectivity index (χ0v) is 12.1. The SMILES string of the molecule is CCN1CCCC1CNC1=NCC(C)(C)CS1. The molecule has 1 saturated heterocycles. The van der Waals surface area contributed by atoms with Crippen molar-refractivity contribution < 1.29 is 0 Å². The summed E-state index contributed by atoms with van der Waals surface area (Å²) in [4.78, 5) is 7.22. The van der Waals surface area contributed by atoms with Crippen LogP contribution in [0.3, 0.4) is 0 Å². The van der Waals surface area contributed by atoms with Crippen molar-refractivity contribution in [3.8, 4) is 0 Å². The van der Waals surface area contributed by atoms with Crippen LogP contribution in [0.1, 0.15) is 33.6 Å². The van der Waals surface area contributed by atoms with Crippen molar-refractivity contribution in [2.75, 3.05) is 31.9 Å². The molecule has 2 heterocycles. The second-order valence-electron chi connectivity index (χ2n) is 5.88. The Morgan fingerprint density at radius 3 is 3.00 bits per heavy atom. The Kier molecular flexibility index (Phi) is 4.36. The van der Waals surface area contributed by atoms with E-state index < -0.39 is 0 Å². The van der Waals surface area contributed by atoms with Crippen molar-refractivity contribution in [3.63, 3.8) is 0 Å². The molecule has 1 unspecified atom stereocenters. The van der Waals surface area contributed by atoms with Gasteiger partial charge in [-0.15, -0.1) is 0 Å². The molecular weight excluding hydrogens is 230 g/mol. The normalized spacial score (nSPS) is 29.1. The molecule has 17 heavy (non-hydrogen) atoms. The molecule has 0 saturated carbocycles. The average molecular weight is 255 g/mol. The number of thioether (sulfide) groups is 1. The van der Waals surface area contributed by atoms with Gasteiger partial charge < -0.3 is 5.32 Å². The fraction of sp³-hybridized carbons (Fsp3) is 0.923. The summed E-state index contributed by atoms with van der Waals surface area (Å²) in [6.07, 6.45) is 2.69. The molecule has 0 aliphatic carbocycles. The number of hydrogen-bond acceptors (Lipinski definition) is 4. The minimum absolute atomic E-state index is 0.374. The number of nitrogens with one attached hydrogen (secondary N) is 1. The van der Waals surface area contributed by atoms with E-state index in [4.69, 9.17) is 0 Å². The smallest absolute Gasteiger partial charge is 0.156 e. The van der Waals surface area contributed by atoms with Crippen LogP contribution in [0.25, 0.3) is 0 Å². The molecule has 1 fully saturated rings. The number of likely N-dealkylation sites (tertiary alicyclic amines) is 1. The van der Waals surface area contributed by atoms with Gasteiger partial charge in [-0.2, -0.15) is 0 Å². The van der Waals surface area contributed by atoms with Crippen molar-refractivity contribution in [3.05, 3.63) is 0 Å². The standard InChI is InChI=1S/C13H25N3S/c1-4-16-7-5-6-11(16)8-14-12-15-9-13(2,3)10-17-12/h11H,4-10H2,1-3H3,(H,14,15). The van der Waals surface area contributed by atoms with Crippen LogP contribution in [0.15, 0.2) is 4.99 Å². The zero-order valence-electron chi connectivity index (χ0n) is 11.3. The summed E-state index contributed by atoms with van der Waals surface area (Å²) in [5.74, 6) is 1.18. The van der Waals surface area contributed by atoms with E-state index in [1.807, 2.05) is 11.8 Å². The van der Waals surface area contributed by atoms with E-state index in [1.54, 1.807) is 0 Å². The Hall–Kier alpha value is -0.220. The maximum atomic E-state index is 4.64. The first-order valence-corrected chi connectivity index (χ1v) is 7.74. The van der Waals surface area contributed by atoms with Crippen LogP contribution in [0.2, 0.25) is 0 Å². The fourth-order valence-electron chi connectivity index (χ4n) is 2.50. The quantitative estimate of drug-likeness (QED) is 0.838. The molecule has 0 aromatic heterocycles. The predicted molar refractivity (Wildman–Crippen MR) is 76.8 cm³/mol. The third-order valence-corrected chi connectivity index (χ3v) is 5.12. The van der Waals surface area contributed by atoms with E-state index in [0.717, 1.165) is 24.3 Å². The van der Waals surface area contributed by atoms with E-state index in [0.29, 0.717) is 5.41 Å². The lowest BCUT2D eigenvalue weighted by Gasteiger charge is -2.29. The molecule has 1 N–H and O–H groups in total. The molecule has 2 aliphatic heterocycles. The van der Waals surface area contributed by atoms with Gasteiger partial charge in [0.05, 0.1) is 0 Å². The van der Waals surface area contributed by atoms with Crippen LogP contribution >= 0.6 is 11.8 Å². The van der Waals surface area contributed by atoms with E-state index in [1.165, 1.54) is 31.7 Å². The third-order valence-electron chi connectivity index (χ3n) is 3.64. The van der Waals surface area contributed by atoms with Gasteiger partial charge in [-0.05, 0) is 31.3 Å². The first-order valence-electron chi connectivity index (χ1n) is 6.76. The van der Waals surface area contributed by atoms with Crippen LogP contribution < -0.4 is 5.32 Å². The Labute approximate surface area is 109 Å². The number of likely N-dealkylation sites (N-methyl/N-ethyl adjacent to an activating group) is 1. The van der Waals surface area contributed by atoms with Gasteiger partial charge in [-0.3, -0.25) is 9.89 Å². The molecular formula is C13H25N3S. The van der Waals surface area contributed by atoms with Gasteiger partial charge in [0.1, 0.15) is 0 Å². The highest BCUT2D eigenvalue weighted by Crippen LogP contribution is 2.27. The summed E-state index contributed by atoms with van der Waals surface area (Å²) < 4.78 is 0. The van der Waals surface area contributed by atoms with Gasteiger partial charge in [0, 0.05) is 24.9 Å². The van der Waals surface area contributed by atoms with E-state index >= 15 is 0 Å². The van der Waals surface area contributed by atoms with Crippen LogP contribution in [-0.4, -0.2) is 48.0 Å². The molecule has 4 heteroatoms. The maximum Gasteiger partial charge on any atom is 0.156 e. The highest BCUT2D eigenvalue weighted by Gasteiger charge is 2.25. The van der Waals surface area contributed by atoms with Crippen LogP contribution in [0, 0.1) is 5.41 Å². The lowest BCUT2D eigenvalue weighted by Crippen LogP contribution is -2.40. The van der Waals surface area contributed by atoms with Gasteiger partial charge in [0.15, 0.2) is 5.17 Å². The summed E-state index contributed by atoms with van der Waals surface area (Å²) in [6.45, 7) is 11.3. The monoisotopic (exact) mass is 255 g/mol.